The van der Waals surface area contributed by atoms with Crippen molar-refractivity contribution in [1.29, 1.82) is 0 Å². The number of ether oxygens (including phenoxy) is 1. The van der Waals surface area contributed by atoms with Crippen LogP contribution in [-0.2, 0) is 22.6 Å². The number of nitrogens with zero attached hydrogens (tertiary/aromatic N) is 2. The Labute approximate surface area is 181 Å². The van der Waals surface area contributed by atoms with Gasteiger partial charge < -0.3 is 19.8 Å². The summed E-state index contributed by atoms with van der Waals surface area (Å²) < 4.78 is 5.32. The number of methoxy groups -OCH3 is 1. The average molecular weight is 428 g/mol. The third-order valence-electron chi connectivity index (χ3n) is 5.02. The van der Waals surface area contributed by atoms with Crippen LogP contribution in [0.4, 0.5) is 0 Å². The molecule has 0 radical (unpaired) electrons. The lowest BCUT2D eigenvalue weighted by atomic mass is 10.1. The predicted octanol–water partition coefficient (Wildman–Crippen LogP) is 2.37. The van der Waals surface area contributed by atoms with Gasteiger partial charge in [-0.15, -0.1) is 0 Å². The van der Waals surface area contributed by atoms with Crippen LogP contribution in [0.15, 0.2) is 48.5 Å². The number of carbonyl (C=O) groups excluding carboxylic acids is 1. The first-order valence-corrected chi connectivity index (χ1v) is 10.0. The lowest BCUT2D eigenvalue weighted by Gasteiger charge is -2.35. The van der Waals surface area contributed by atoms with Gasteiger partial charge in [-0.05, 0) is 29.7 Å². The number of hydrogen-bond acceptors (Lipinski definition) is 5. The van der Waals surface area contributed by atoms with E-state index >= 15 is 0 Å². The van der Waals surface area contributed by atoms with Crippen LogP contribution in [0.25, 0.3) is 0 Å². The summed E-state index contributed by atoms with van der Waals surface area (Å²) >= 11 is 0. The summed E-state index contributed by atoms with van der Waals surface area (Å²) in [5, 5.41) is 14.8. The molecule has 1 aliphatic heterocycles. The molecule has 0 saturated carbocycles. The van der Waals surface area contributed by atoms with Gasteiger partial charge in [0.25, 0.3) is 5.91 Å². The molecule has 31 heavy (non-hydrogen) atoms. The van der Waals surface area contributed by atoms with E-state index in [9.17, 15) is 4.79 Å². The maximum atomic E-state index is 12.7. The fraction of sp³-hybridized carbons (Fsp3) is 0.348. The standard InChI is InChI=1S/C21H26N2O2.C2H2O4/c1-3-17-8-10-18(11-9-17)16-22-12-14-23(15-13-22)21(24)19-6-4-5-7-20(19)25-2;3-1(4)2(5)6/h4-11H,3,12-16H2,1-2H3;(H,3,4)(H,5,6). The minimum Gasteiger partial charge on any atom is -0.496 e. The zero-order valence-electron chi connectivity index (χ0n) is 17.8. The summed E-state index contributed by atoms with van der Waals surface area (Å²) in [6.45, 7) is 6.42. The van der Waals surface area contributed by atoms with Gasteiger partial charge in [-0.2, -0.15) is 0 Å². The normalized spacial score (nSPS) is 13.7. The maximum absolute atomic E-state index is 12.7. The van der Waals surface area contributed by atoms with Gasteiger partial charge in [0.1, 0.15) is 5.75 Å². The number of carbonyl (C=O) groups is 3. The second-order valence-corrected chi connectivity index (χ2v) is 7.05. The summed E-state index contributed by atoms with van der Waals surface area (Å²) in [6.07, 6.45) is 1.07. The van der Waals surface area contributed by atoms with Crippen LogP contribution in [-0.4, -0.2) is 71.1 Å². The molecule has 8 nitrogen and oxygen atoms in total. The first kappa shape index (κ1) is 23.9. The van der Waals surface area contributed by atoms with Gasteiger partial charge in [-0.1, -0.05) is 43.3 Å². The van der Waals surface area contributed by atoms with E-state index in [0.717, 1.165) is 39.1 Å². The van der Waals surface area contributed by atoms with Crippen LogP contribution in [0.5, 0.6) is 5.75 Å². The highest BCUT2D eigenvalue weighted by molar-refractivity contribution is 6.27. The topological polar surface area (TPSA) is 107 Å². The summed E-state index contributed by atoms with van der Waals surface area (Å²) in [5.74, 6) is -2.94. The summed E-state index contributed by atoms with van der Waals surface area (Å²) in [5.41, 5.74) is 3.35. The number of aliphatic carboxylic acids is 2. The molecule has 0 spiro atoms. The molecule has 0 atom stereocenters. The van der Waals surface area contributed by atoms with Gasteiger partial charge in [0.2, 0.25) is 0 Å². The molecule has 8 heteroatoms. The number of piperazine rings is 1. The van der Waals surface area contributed by atoms with E-state index in [-0.39, 0.29) is 5.91 Å². The van der Waals surface area contributed by atoms with Crippen molar-refractivity contribution in [2.24, 2.45) is 0 Å². The van der Waals surface area contributed by atoms with Gasteiger partial charge in [0.05, 0.1) is 12.7 Å². The number of carboxylic acids is 2. The van der Waals surface area contributed by atoms with E-state index in [1.54, 1.807) is 7.11 Å². The third-order valence-corrected chi connectivity index (χ3v) is 5.02. The van der Waals surface area contributed by atoms with Gasteiger partial charge >= 0.3 is 11.9 Å². The largest absolute Gasteiger partial charge is 0.496 e. The zero-order valence-corrected chi connectivity index (χ0v) is 17.8. The fourth-order valence-corrected chi connectivity index (χ4v) is 3.24. The Morgan fingerprint density at radius 3 is 1.94 bits per heavy atom. The summed E-state index contributed by atoms with van der Waals surface area (Å²) in [4.78, 5) is 35.3. The molecular weight excluding hydrogens is 400 g/mol. The number of hydrogen-bond donors (Lipinski definition) is 2. The van der Waals surface area contributed by atoms with Gasteiger partial charge in [-0.3, -0.25) is 9.69 Å². The number of carboxylic acid groups (broad SMARTS) is 2. The van der Waals surface area contributed by atoms with Crippen molar-refractivity contribution in [2.75, 3.05) is 33.3 Å². The molecule has 166 valence electrons. The molecule has 1 aliphatic rings. The monoisotopic (exact) mass is 428 g/mol. The second kappa shape index (κ2) is 11.7. The number of amides is 1. The van der Waals surface area contributed by atoms with E-state index in [1.165, 1.54) is 11.1 Å². The second-order valence-electron chi connectivity index (χ2n) is 7.05. The van der Waals surface area contributed by atoms with Crippen molar-refractivity contribution >= 4 is 17.8 Å². The third kappa shape index (κ3) is 7.11. The molecule has 0 aliphatic carbocycles. The quantitative estimate of drug-likeness (QED) is 0.704. The Bertz CT molecular complexity index is 877. The number of rotatable bonds is 5. The molecule has 0 aromatic heterocycles. The Morgan fingerprint density at radius 2 is 1.42 bits per heavy atom. The lowest BCUT2D eigenvalue weighted by Crippen LogP contribution is -2.48. The van der Waals surface area contributed by atoms with E-state index in [4.69, 9.17) is 24.5 Å². The molecule has 2 aromatic rings. The van der Waals surface area contributed by atoms with E-state index in [0.29, 0.717) is 11.3 Å². The average Bonchev–Trinajstić information content (AvgIpc) is 2.80. The van der Waals surface area contributed by atoms with E-state index in [1.807, 2.05) is 29.2 Å². The highest BCUT2D eigenvalue weighted by Gasteiger charge is 2.24. The molecule has 0 unspecified atom stereocenters. The van der Waals surface area contributed by atoms with Crippen molar-refractivity contribution in [3.05, 3.63) is 65.2 Å². The summed E-state index contributed by atoms with van der Waals surface area (Å²) in [7, 11) is 1.61. The van der Waals surface area contributed by atoms with Gasteiger partial charge in [0, 0.05) is 32.7 Å². The van der Waals surface area contributed by atoms with Crippen molar-refractivity contribution in [2.45, 2.75) is 19.9 Å². The minimum atomic E-state index is -1.82. The van der Waals surface area contributed by atoms with Crippen LogP contribution < -0.4 is 4.74 Å². The molecule has 2 aromatic carbocycles. The fourth-order valence-electron chi connectivity index (χ4n) is 3.24. The van der Waals surface area contributed by atoms with Crippen molar-refractivity contribution < 1.29 is 29.3 Å². The van der Waals surface area contributed by atoms with Crippen LogP contribution in [0.1, 0.15) is 28.4 Å². The molecule has 3 rings (SSSR count). The molecule has 1 amide bonds. The smallest absolute Gasteiger partial charge is 0.414 e. The molecule has 1 saturated heterocycles. The molecule has 2 N–H and O–H groups in total. The molecule has 1 heterocycles. The zero-order chi connectivity index (χ0) is 22.8. The maximum Gasteiger partial charge on any atom is 0.414 e. The highest BCUT2D eigenvalue weighted by Crippen LogP contribution is 2.20. The number of para-hydroxylation sites is 1. The van der Waals surface area contributed by atoms with Crippen molar-refractivity contribution in [3.63, 3.8) is 0 Å². The lowest BCUT2D eigenvalue weighted by molar-refractivity contribution is -0.159. The van der Waals surface area contributed by atoms with Gasteiger partial charge in [0.15, 0.2) is 0 Å². The summed E-state index contributed by atoms with van der Waals surface area (Å²) in [6, 6.07) is 16.3. The van der Waals surface area contributed by atoms with Crippen LogP contribution in [0, 0.1) is 0 Å². The number of aryl methyl sites for hydroxylation is 1. The minimum absolute atomic E-state index is 0.0596. The van der Waals surface area contributed by atoms with E-state index in [2.05, 4.69) is 36.1 Å². The Kier molecular flexibility index (Phi) is 9.02. The molecular formula is C23H28N2O6. The number of benzene rings is 2. The Morgan fingerprint density at radius 1 is 0.871 bits per heavy atom. The van der Waals surface area contributed by atoms with Crippen molar-refractivity contribution in [1.82, 2.24) is 9.80 Å². The molecule has 1 fully saturated rings. The molecule has 0 bridgehead atoms. The first-order valence-electron chi connectivity index (χ1n) is 10.0. The predicted molar refractivity (Wildman–Crippen MR) is 115 cm³/mol. The first-order chi connectivity index (χ1) is 14.8. The van der Waals surface area contributed by atoms with E-state index < -0.39 is 11.9 Å². The van der Waals surface area contributed by atoms with Crippen molar-refractivity contribution in [3.8, 4) is 5.75 Å². The SMILES string of the molecule is CCc1ccc(CN2CCN(C(=O)c3ccccc3OC)CC2)cc1.O=C(O)C(=O)O. The Balaban J connectivity index is 0.000000501. The highest BCUT2D eigenvalue weighted by atomic mass is 16.5. The van der Waals surface area contributed by atoms with Crippen LogP contribution >= 0.6 is 0 Å². The van der Waals surface area contributed by atoms with Gasteiger partial charge in [-0.25, -0.2) is 9.59 Å². The van der Waals surface area contributed by atoms with Crippen LogP contribution in [0.3, 0.4) is 0 Å². The van der Waals surface area contributed by atoms with Crippen LogP contribution in [0.2, 0.25) is 0 Å². The Hall–Kier alpha value is -3.39.